The number of nitrogens with one attached hydrogen (secondary N) is 1. The van der Waals surface area contributed by atoms with E-state index in [2.05, 4.69) is 37.2 Å². The third-order valence-electron chi connectivity index (χ3n) is 2.48. The summed E-state index contributed by atoms with van der Waals surface area (Å²) < 4.78 is 1.92. The lowest BCUT2D eigenvalue weighted by atomic mass is 10.2. The molecule has 0 saturated heterocycles. The number of hydrogen-bond acceptors (Lipinski definition) is 4. The Morgan fingerprint density at radius 3 is 2.47 bits per heavy atom. The molecule has 0 aliphatic carbocycles. The van der Waals surface area contributed by atoms with Gasteiger partial charge in [-0.1, -0.05) is 11.3 Å². The van der Waals surface area contributed by atoms with Crippen molar-refractivity contribution in [1.29, 1.82) is 0 Å². The molecule has 19 heavy (non-hydrogen) atoms. The van der Waals surface area contributed by atoms with Gasteiger partial charge in [0, 0.05) is 26.9 Å². The van der Waals surface area contributed by atoms with Crippen molar-refractivity contribution in [3.8, 4) is 0 Å². The first kappa shape index (κ1) is 14.5. The summed E-state index contributed by atoms with van der Waals surface area (Å²) in [7, 11) is 0. The molecule has 0 aliphatic heterocycles. The summed E-state index contributed by atoms with van der Waals surface area (Å²) >= 11 is 8.14. The minimum Gasteiger partial charge on any atom is -0.379 e. The highest BCUT2D eigenvalue weighted by Gasteiger charge is 2.11. The molecule has 0 bridgehead atoms. The fraction of sp³-hybridized carbons (Fsp3) is 0.167. The number of thiophene rings is 1. The zero-order valence-corrected chi connectivity index (χ0v) is 13.9. The Balaban J connectivity index is 2.12. The minimum absolute atomic E-state index is 0.166. The van der Waals surface area contributed by atoms with Crippen LogP contribution in [0.2, 0.25) is 0 Å². The van der Waals surface area contributed by atoms with Crippen LogP contribution in [0.5, 0.6) is 0 Å². The Hall–Kier alpha value is -0.920. The average molecular weight is 406 g/mol. The van der Waals surface area contributed by atoms with Crippen LogP contribution in [-0.4, -0.2) is 4.92 Å². The minimum atomic E-state index is -0.369. The fourth-order valence-electron chi connectivity index (χ4n) is 1.61. The van der Waals surface area contributed by atoms with E-state index in [1.54, 1.807) is 11.4 Å². The second-order valence-corrected chi connectivity index (χ2v) is 6.61. The van der Waals surface area contributed by atoms with Crippen LogP contribution in [0.4, 0.5) is 10.7 Å². The predicted octanol–water partition coefficient (Wildman–Crippen LogP) is 5.10. The highest BCUT2D eigenvalue weighted by atomic mass is 79.9. The Kier molecular flexibility index (Phi) is 4.59. The lowest BCUT2D eigenvalue weighted by Crippen LogP contribution is -2.00. The first-order valence-electron chi connectivity index (χ1n) is 5.38. The molecule has 1 aromatic carbocycles. The van der Waals surface area contributed by atoms with Crippen LogP contribution in [0.1, 0.15) is 11.1 Å². The molecule has 1 N–H and O–H groups in total. The van der Waals surface area contributed by atoms with Gasteiger partial charge in [-0.2, -0.15) is 0 Å². The zero-order chi connectivity index (χ0) is 14.0. The number of aryl methyl sites for hydroxylation is 1. The zero-order valence-electron chi connectivity index (χ0n) is 9.94. The van der Waals surface area contributed by atoms with E-state index in [9.17, 15) is 10.1 Å². The van der Waals surface area contributed by atoms with Crippen LogP contribution in [-0.2, 0) is 6.54 Å². The molecule has 0 saturated carbocycles. The van der Waals surface area contributed by atoms with Gasteiger partial charge in [0.25, 0.3) is 0 Å². The normalized spacial score (nSPS) is 10.5. The Morgan fingerprint density at radius 1 is 1.32 bits per heavy atom. The van der Waals surface area contributed by atoms with Crippen LogP contribution < -0.4 is 5.32 Å². The van der Waals surface area contributed by atoms with Crippen LogP contribution in [0.25, 0.3) is 0 Å². The maximum absolute atomic E-state index is 10.6. The van der Waals surface area contributed by atoms with Gasteiger partial charge in [-0.3, -0.25) is 10.1 Å². The lowest BCUT2D eigenvalue weighted by Gasteiger charge is -2.11. The highest BCUT2D eigenvalue weighted by molar-refractivity contribution is 9.11. The van der Waals surface area contributed by atoms with Crippen LogP contribution >= 0.6 is 43.2 Å². The van der Waals surface area contributed by atoms with E-state index in [4.69, 9.17) is 0 Å². The SMILES string of the molecule is Cc1cc(Br)c(NCc2csc([N+](=O)[O-])c2)c(Br)c1. The van der Waals surface area contributed by atoms with Gasteiger partial charge >= 0.3 is 5.00 Å². The summed E-state index contributed by atoms with van der Waals surface area (Å²) in [6, 6.07) is 5.62. The molecule has 4 nitrogen and oxygen atoms in total. The topological polar surface area (TPSA) is 55.2 Å². The van der Waals surface area contributed by atoms with E-state index < -0.39 is 0 Å². The maximum Gasteiger partial charge on any atom is 0.324 e. The van der Waals surface area contributed by atoms with Crippen molar-refractivity contribution in [2.45, 2.75) is 13.5 Å². The third-order valence-corrected chi connectivity index (χ3v) is 4.66. The van der Waals surface area contributed by atoms with Crippen molar-refractivity contribution in [2.24, 2.45) is 0 Å². The van der Waals surface area contributed by atoms with Gasteiger partial charge < -0.3 is 5.32 Å². The Labute approximate surface area is 131 Å². The van der Waals surface area contributed by atoms with Gasteiger partial charge in [0.2, 0.25) is 0 Å². The number of hydrogen-bond donors (Lipinski definition) is 1. The lowest BCUT2D eigenvalue weighted by molar-refractivity contribution is -0.380. The van der Waals surface area contributed by atoms with Crippen molar-refractivity contribution in [1.82, 2.24) is 0 Å². The van der Waals surface area contributed by atoms with E-state index in [-0.39, 0.29) is 9.92 Å². The first-order chi connectivity index (χ1) is 8.97. The first-order valence-corrected chi connectivity index (χ1v) is 7.85. The van der Waals surface area contributed by atoms with Gasteiger partial charge in [0.1, 0.15) is 0 Å². The molecule has 0 fully saturated rings. The van der Waals surface area contributed by atoms with Crippen molar-refractivity contribution in [3.05, 3.63) is 53.8 Å². The molecule has 100 valence electrons. The number of halogens is 2. The molecule has 0 aliphatic rings. The molecule has 2 rings (SSSR count). The van der Waals surface area contributed by atoms with Crippen LogP contribution in [0.3, 0.4) is 0 Å². The molecule has 0 unspecified atom stereocenters. The monoisotopic (exact) mass is 404 g/mol. The average Bonchev–Trinajstić information content (AvgIpc) is 2.76. The molecular formula is C12H10Br2N2O2S. The van der Waals surface area contributed by atoms with Gasteiger partial charge in [-0.25, -0.2) is 0 Å². The van der Waals surface area contributed by atoms with Crippen molar-refractivity contribution < 1.29 is 4.92 Å². The molecule has 0 amide bonds. The Morgan fingerprint density at radius 2 is 1.95 bits per heavy atom. The van der Waals surface area contributed by atoms with Crippen molar-refractivity contribution in [2.75, 3.05) is 5.32 Å². The second-order valence-electron chi connectivity index (χ2n) is 4.01. The predicted molar refractivity (Wildman–Crippen MR) is 84.9 cm³/mol. The quantitative estimate of drug-likeness (QED) is 0.568. The van der Waals surface area contributed by atoms with Gasteiger partial charge in [0.05, 0.1) is 10.6 Å². The molecule has 1 aromatic heterocycles. The molecular weight excluding hydrogens is 396 g/mol. The standard InChI is InChI=1S/C12H10Br2N2O2S/c1-7-2-9(13)12(10(14)3-7)15-5-8-4-11(16(17)18)19-6-8/h2-4,6,15H,5H2,1H3. The summed E-state index contributed by atoms with van der Waals surface area (Å²) in [5.74, 6) is 0. The van der Waals surface area contributed by atoms with E-state index in [1.807, 2.05) is 19.1 Å². The van der Waals surface area contributed by atoms with E-state index in [0.29, 0.717) is 6.54 Å². The number of rotatable bonds is 4. The molecule has 7 heteroatoms. The summed E-state index contributed by atoms with van der Waals surface area (Å²) in [5, 5.41) is 15.8. The van der Waals surface area contributed by atoms with Crippen LogP contribution in [0.15, 0.2) is 32.5 Å². The van der Waals surface area contributed by atoms with E-state index in [1.165, 1.54) is 0 Å². The third kappa shape index (κ3) is 3.55. The van der Waals surface area contributed by atoms with Crippen molar-refractivity contribution in [3.63, 3.8) is 0 Å². The molecule has 1 heterocycles. The molecule has 0 radical (unpaired) electrons. The maximum atomic E-state index is 10.6. The Bertz CT molecular complexity index is 605. The largest absolute Gasteiger partial charge is 0.379 e. The second kappa shape index (κ2) is 6.02. The smallest absolute Gasteiger partial charge is 0.324 e. The van der Waals surface area contributed by atoms with E-state index >= 15 is 0 Å². The van der Waals surface area contributed by atoms with Gasteiger partial charge in [0.15, 0.2) is 0 Å². The number of anilines is 1. The fourth-order valence-corrected chi connectivity index (χ4v) is 4.04. The number of nitrogens with zero attached hydrogens (tertiary/aromatic N) is 1. The van der Waals surface area contributed by atoms with Crippen LogP contribution in [0, 0.1) is 17.0 Å². The van der Waals surface area contributed by atoms with Crippen molar-refractivity contribution >= 4 is 53.9 Å². The van der Waals surface area contributed by atoms with E-state index in [0.717, 1.165) is 37.1 Å². The summed E-state index contributed by atoms with van der Waals surface area (Å²) in [6.45, 7) is 2.56. The number of nitro groups is 1. The van der Waals surface area contributed by atoms with Gasteiger partial charge in [-0.15, -0.1) is 0 Å². The molecule has 2 aromatic rings. The molecule has 0 atom stereocenters. The summed E-state index contributed by atoms with van der Waals surface area (Å²) in [4.78, 5) is 10.2. The highest BCUT2D eigenvalue weighted by Crippen LogP contribution is 2.33. The summed E-state index contributed by atoms with van der Waals surface area (Å²) in [5.41, 5.74) is 2.99. The molecule has 0 spiro atoms. The number of benzene rings is 1. The summed E-state index contributed by atoms with van der Waals surface area (Å²) in [6.07, 6.45) is 0. The van der Waals surface area contributed by atoms with Gasteiger partial charge in [-0.05, 0) is 62.0 Å².